The van der Waals surface area contributed by atoms with Gasteiger partial charge in [0.15, 0.2) is 11.5 Å². The Balaban J connectivity index is 1.51. The average molecular weight is 385 g/mol. The molecule has 0 aromatic heterocycles. The first-order valence-corrected chi connectivity index (χ1v) is 11.2. The number of aliphatic hydroxyl groups is 1. The highest BCUT2D eigenvalue weighted by Crippen LogP contribution is 2.65. The van der Waals surface area contributed by atoms with E-state index in [2.05, 4.69) is 30.1 Å². The summed E-state index contributed by atoms with van der Waals surface area (Å²) in [7, 11) is 0. The van der Waals surface area contributed by atoms with Gasteiger partial charge >= 0.3 is 0 Å². The SMILES string of the molecule is CC(C)NC1CC[C@@]2(O)[C@H]3Cc4ccc(O)c5c4[C@@]2(CCN3CC2CC2)C1O5. The molecule has 5 nitrogen and oxygen atoms in total. The number of nitrogens with one attached hydrogen (secondary N) is 1. The summed E-state index contributed by atoms with van der Waals surface area (Å²) in [5, 5.41) is 26.6. The lowest BCUT2D eigenvalue weighted by atomic mass is 9.48. The predicted octanol–water partition coefficient (Wildman–Crippen LogP) is 2.32. The van der Waals surface area contributed by atoms with Gasteiger partial charge in [-0.1, -0.05) is 19.9 Å². The molecule has 0 amide bonds. The number of benzene rings is 1. The Morgan fingerprint density at radius 2 is 2.07 bits per heavy atom. The van der Waals surface area contributed by atoms with Crippen LogP contribution < -0.4 is 10.1 Å². The Kier molecular flexibility index (Phi) is 3.54. The lowest BCUT2D eigenvalue weighted by Gasteiger charge is -2.64. The minimum absolute atomic E-state index is 0.110. The van der Waals surface area contributed by atoms with Gasteiger partial charge in [-0.25, -0.2) is 0 Å². The molecule has 6 rings (SSSR count). The first kappa shape index (κ1) is 17.5. The normalized spacial score (nSPS) is 41.1. The van der Waals surface area contributed by atoms with E-state index in [1.165, 1.54) is 18.4 Å². The van der Waals surface area contributed by atoms with E-state index >= 15 is 0 Å². The fourth-order valence-corrected chi connectivity index (χ4v) is 7.08. The molecule has 152 valence electrons. The number of likely N-dealkylation sites (tertiary alicyclic amines) is 1. The number of phenolic OH excluding ortho intramolecular Hbond substituents is 1. The van der Waals surface area contributed by atoms with Gasteiger partial charge in [-0.15, -0.1) is 0 Å². The molecule has 1 spiro atoms. The average Bonchev–Trinajstić information content (AvgIpc) is 3.38. The summed E-state index contributed by atoms with van der Waals surface area (Å²) in [5.41, 5.74) is 1.23. The van der Waals surface area contributed by atoms with Gasteiger partial charge in [-0.2, -0.15) is 0 Å². The van der Waals surface area contributed by atoms with Crippen LogP contribution in [0.25, 0.3) is 0 Å². The third-order valence-electron chi connectivity index (χ3n) is 8.31. The Morgan fingerprint density at radius 1 is 1.25 bits per heavy atom. The summed E-state index contributed by atoms with van der Waals surface area (Å²) in [6.45, 7) is 6.49. The minimum Gasteiger partial charge on any atom is -0.504 e. The maximum absolute atomic E-state index is 12.3. The van der Waals surface area contributed by atoms with E-state index in [-0.39, 0.29) is 23.9 Å². The van der Waals surface area contributed by atoms with Crippen LogP contribution in [-0.2, 0) is 11.8 Å². The number of aromatic hydroxyl groups is 1. The van der Waals surface area contributed by atoms with Gasteiger partial charge in [0, 0.05) is 30.2 Å². The third kappa shape index (κ3) is 2.08. The maximum Gasteiger partial charge on any atom is 0.165 e. The Bertz CT molecular complexity index is 822. The Morgan fingerprint density at radius 3 is 2.82 bits per heavy atom. The maximum atomic E-state index is 12.3. The zero-order valence-electron chi connectivity index (χ0n) is 16.9. The van der Waals surface area contributed by atoms with Crippen molar-refractivity contribution < 1.29 is 14.9 Å². The van der Waals surface area contributed by atoms with E-state index in [1.807, 2.05) is 0 Å². The van der Waals surface area contributed by atoms with Crippen molar-refractivity contribution in [2.75, 3.05) is 13.1 Å². The van der Waals surface area contributed by atoms with Crippen molar-refractivity contribution in [3.05, 3.63) is 23.3 Å². The van der Waals surface area contributed by atoms with Crippen LogP contribution >= 0.6 is 0 Å². The molecule has 2 saturated carbocycles. The fourth-order valence-electron chi connectivity index (χ4n) is 7.08. The summed E-state index contributed by atoms with van der Waals surface area (Å²) in [6, 6.07) is 4.60. The van der Waals surface area contributed by atoms with Gasteiger partial charge in [0.25, 0.3) is 0 Å². The number of hydrogen-bond donors (Lipinski definition) is 3. The van der Waals surface area contributed by atoms with Crippen molar-refractivity contribution in [1.29, 1.82) is 0 Å². The molecular formula is C23H32N2O3. The molecule has 1 aromatic carbocycles. The van der Waals surface area contributed by atoms with E-state index in [9.17, 15) is 10.2 Å². The molecule has 28 heavy (non-hydrogen) atoms. The zero-order chi connectivity index (χ0) is 19.3. The molecule has 5 atom stereocenters. The van der Waals surface area contributed by atoms with Gasteiger partial charge in [-0.05, 0) is 62.6 Å². The molecule has 0 radical (unpaired) electrons. The van der Waals surface area contributed by atoms with Crippen LogP contribution in [0, 0.1) is 5.92 Å². The van der Waals surface area contributed by atoms with Crippen molar-refractivity contribution in [2.24, 2.45) is 5.92 Å². The van der Waals surface area contributed by atoms with Gasteiger partial charge < -0.3 is 20.3 Å². The highest BCUT2D eigenvalue weighted by molar-refractivity contribution is 5.62. The minimum atomic E-state index is -0.772. The molecule has 5 aliphatic rings. The van der Waals surface area contributed by atoms with Gasteiger partial charge in [-0.3, -0.25) is 4.90 Å². The van der Waals surface area contributed by atoms with Crippen molar-refractivity contribution in [3.8, 4) is 11.5 Å². The number of piperidine rings is 1. The number of hydrogen-bond acceptors (Lipinski definition) is 5. The smallest absolute Gasteiger partial charge is 0.165 e. The van der Waals surface area contributed by atoms with Crippen LogP contribution in [0.4, 0.5) is 0 Å². The molecule has 3 N–H and O–H groups in total. The van der Waals surface area contributed by atoms with Crippen molar-refractivity contribution in [2.45, 2.75) is 87.6 Å². The summed E-state index contributed by atoms with van der Waals surface area (Å²) in [5.74, 6) is 1.70. The van der Waals surface area contributed by atoms with Crippen LogP contribution in [0.3, 0.4) is 0 Å². The first-order chi connectivity index (χ1) is 13.4. The summed E-state index contributed by atoms with van der Waals surface area (Å²) in [6.07, 6.45) is 6.07. The number of rotatable bonds is 4. The van der Waals surface area contributed by atoms with E-state index < -0.39 is 11.0 Å². The zero-order valence-corrected chi connectivity index (χ0v) is 16.9. The largest absolute Gasteiger partial charge is 0.504 e. The Hall–Kier alpha value is -1.30. The van der Waals surface area contributed by atoms with Crippen LogP contribution in [0.2, 0.25) is 0 Å². The van der Waals surface area contributed by atoms with Crippen LogP contribution in [0.5, 0.6) is 11.5 Å². The van der Waals surface area contributed by atoms with E-state index in [1.54, 1.807) is 6.07 Å². The lowest BCUT2D eigenvalue weighted by Crippen LogP contribution is -2.78. The predicted molar refractivity (Wildman–Crippen MR) is 107 cm³/mol. The molecule has 1 saturated heterocycles. The molecule has 2 bridgehead atoms. The molecule has 2 unspecified atom stereocenters. The first-order valence-electron chi connectivity index (χ1n) is 11.2. The van der Waals surface area contributed by atoms with E-state index in [0.717, 1.165) is 50.3 Å². The quantitative estimate of drug-likeness (QED) is 0.744. The summed E-state index contributed by atoms with van der Waals surface area (Å²) in [4.78, 5) is 2.59. The third-order valence-corrected chi connectivity index (χ3v) is 8.31. The van der Waals surface area contributed by atoms with Gasteiger partial charge in [0.2, 0.25) is 0 Å². The molecule has 1 aromatic rings. The van der Waals surface area contributed by atoms with Crippen LogP contribution in [0.1, 0.15) is 57.1 Å². The standard InChI is InChI=1S/C23H32N2O3/c1-13(2)24-16-7-8-23(27)18-11-15-5-6-17(26)20-19(15)22(23,21(16)28-20)9-10-25(18)12-14-3-4-14/h5-6,13-14,16,18,21,24,26-27H,3-4,7-12H2,1-2H3/t16?,18-,21?,22+,23-/m1/s1. The van der Waals surface area contributed by atoms with Crippen molar-refractivity contribution >= 4 is 0 Å². The van der Waals surface area contributed by atoms with Crippen LogP contribution in [0.15, 0.2) is 12.1 Å². The van der Waals surface area contributed by atoms with Crippen molar-refractivity contribution in [1.82, 2.24) is 10.2 Å². The topological polar surface area (TPSA) is 65.0 Å². The molecule has 3 aliphatic carbocycles. The highest BCUT2D eigenvalue weighted by atomic mass is 16.5. The number of phenols is 1. The molecule has 2 aliphatic heterocycles. The molecule has 2 heterocycles. The lowest BCUT2D eigenvalue weighted by molar-refractivity contribution is -0.192. The summed E-state index contributed by atoms with van der Waals surface area (Å²) >= 11 is 0. The van der Waals surface area contributed by atoms with Crippen LogP contribution in [-0.4, -0.2) is 58.0 Å². The molecule has 5 heteroatoms. The Labute approximate surface area is 167 Å². The second kappa shape index (κ2) is 5.65. The number of nitrogens with zero attached hydrogens (tertiary/aromatic N) is 1. The van der Waals surface area contributed by atoms with Gasteiger partial charge in [0.1, 0.15) is 6.10 Å². The highest BCUT2D eigenvalue weighted by Gasteiger charge is 2.72. The second-order valence-electron chi connectivity index (χ2n) is 10.3. The molecular weight excluding hydrogens is 352 g/mol. The summed E-state index contributed by atoms with van der Waals surface area (Å²) < 4.78 is 6.53. The fraction of sp³-hybridized carbons (Fsp3) is 0.739. The van der Waals surface area contributed by atoms with Gasteiger partial charge in [0.05, 0.1) is 11.0 Å². The molecule has 3 fully saturated rings. The van der Waals surface area contributed by atoms with E-state index in [4.69, 9.17) is 4.74 Å². The van der Waals surface area contributed by atoms with E-state index in [0.29, 0.717) is 11.8 Å². The number of ether oxygens (including phenoxy) is 1. The monoisotopic (exact) mass is 384 g/mol. The second-order valence-corrected chi connectivity index (χ2v) is 10.3. The van der Waals surface area contributed by atoms with Crippen molar-refractivity contribution in [3.63, 3.8) is 0 Å².